The number of nitrogens with zero attached hydrogens (tertiary/aromatic N) is 2. The predicted octanol–water partition coefficient (Wildman–Crippen LogP) is 3.48. The van der Waals surface area contributed by atoms with E-state index in [-0.39, 0.29) is 11.7 Å². The number of rotatable bonds is 5. The number of phenols is 1. The zero-order valence-electron chi connectivity index (χ0n) is 15.8. The van der Waals surface area contributed by atoms with Crippen LogP contribution in [-0.2, 0) is 0 Å². The number of hydrogen-bond acceptors (Lipinski definition) is 4. The van der Waals surface area contributed by atoms with Gasteiger partial charge >= 0.3 is 0 Å². The quantitative estimate of drug-likeness (QED) is 0.852. The molecule has 0 bridgehead atoms. The molecule has 2 aromatic rings. The standard InChI is InChI=1S/C22H27N3O2/c1-16-5-8-21(26)20(13-16)22(27)23-18-3-2-4-19(14-18)25-11-9-24(10-12-25)15-17-6-7-17/h2-5,8,13-14,17,26H,6-7,9-12,15H2,1H3,(H,23,27). The van der Waals surface area contributed by atoms with Crippen molar-refractivity contribution in [1.29, 1.82) is 0 Å². The van der Waals surface area contributed by atoms with Gasteiger partial charge in [0, 0.05) is 44.1 Å². The Morgan fingerprint density at radius 1 is 1.11 bits per heavy atom. The van der Waals surface area contributed by atoms with Gasteiger partial charge in [-0.1, -0.05) is 17.7 Å². The lowest BCUT2D eigenvalue weighted by Gasteiger charge is -2.36. The Kier molecular flexibility index (Phi) is 5.03. The van der Waals surface area contributed by atoms with Gasteiger partial charge in [-0.3, -0.25) is 9.69 Å². The first-order valence-electron chi connectivity index (χ1n) is 9.77. The normalized spacial score (nSPS) is 17.7. The first-order chi connectivity index (χ1) is 13.1. The highest BCUT2D eigenvalue weighted by atomic mass is 16.3. The highest BCUT2D eigenvalue weighted by molar-refractivity contribution is 6.06. The second-order valence-electron chi connectivity index (χ2n) is 7.76. The van der Waals surface area contributed by atoms with E-state index in [1.54, 1.807) is 18.2 Å². The number of nitrogens with one attached hydrogen (secondary N) is 1. The largest absolute Gasteiger partial charge is 0.507 e. The third-order valence-electron chi connectivity index (χ3n) is 5.45. The molecule has 142 valence electrons. The van der Waals surface area contributed by atoms with Crippen LogP contribution < -0.4 is 10.2 Å². The van der Waals surface area contributed by atoms with Crippen molar-refractivity contribution in [2.45, 2.75) is 19.8 Å². The fraction of sp³-hybridized carbons (Fsp3) is 0.409. The Bertz CT molecular complexity index is 824. The number of carbonyl (C=O) groups excluding carboxylic acids is 1. The molecule has 5 nitrogen and oxygen atoms in total. The van der Waals surface area contributed by atoms with Gasteiger partial charge in [0.15, 0.2) is 0 Å². The van der Waals surface area contributed by atoms with Crippen LogP contribution in [0.25, 0.3) is 0 Å². The lowest BCUT2D eigenvalue weighted by atomic mass is 10.1. The Labute approximate surface area is 160 Å². The fourth-order valence-corrected chi connectivity index (χ4v) is 3.66. The lowest BCUT2D eigenvalue weighted by Crippen LogP contribution is -2.47. The van der Waals surface area contributed by atoms with Gasteiger partial charge in [-0.15, -0.1) is 0 Å². The second kappa shape index (κ2) is 7.61. The van der Waals surface area contributed by atoms with E-state index in [2.05, 4.69) is 21.2 Å². The van der Waals surface area contributed by atoms with Gasteiger partial charge in [-0.2, -0.15) is 0 Å². The molecule has 2 aliphatic rings. The SMILES string of the molecule is Cc1ccc(O)c(C(=O)Nc2cccc(N3CCN(CC4CC4)CC3)c2)c1. The van der Waals surface area contributed by atoms with Gasteiger partial charge in [0.25, 0.3) is 5.91 Å². The van der Waals surface area contributed by atoms with Crippen molar-refractivity contribution in [3.8, 4) is 5.75 Å². The van der Waals surface area contributed by atoms with E-state index in [9.17, 15) is 9.90 Å². The summed E-state index contributed by atoms with van der Waals surface area (Å²) in [7, 11) is 0. The third-order valence-corrected chi connectivity index (χ3v) is 5.45. The molecular formula is C22H27N3O2. The number of amides is 1. The molecule has 1 heterocycles. The van der Waals surface area contributed by atoms with E-state index in [1.165, 1.54) is 19.4 Å². The number of phenolic OH excluding ortho intramolecular Hbond substituents is 1. The molecule has 1 saturated carbocycles. The van der Waals surface area contributed by atoms with Crippen LogP contribution in [0.5, 0.6) is 5.75 Å². The number of anilines is 2. The van der Waals surface area contributed by atoms with Crippen molar-refractivity contribution in [1.82, 2.24) is 4.90 Å². The third kappa shape index (κ3) is 4.42. The molecule has 0 radical (unpaired) electrons. The zero-order chi connectivity index (χ0) is 18.8. The van der Waals surface area contributed by atoms with E-state index < -0.39 is 0 Å². The van der Waals surface area contributed by atoms with Gasteiger partial charge in [-0.05, 0) is 56.0 Å². The van der Waals surface area contributed by atoms with Gasteiger partial charge in [0.05, 0.1) is 5.56 Å². The van der Waals surface area contributed by atoms with Crippen LogP contribution in [0.4, 0.5) is 11.4 Å². The van der Waals surface area contributed by atoms with Crippen molar-refractivity contribution < 1.29 is 9.90 Å². The lowest BCUT2D eigenvalue weighted by molar-refractivity contribution is 0.102. The highest BCUT2D eigenvalue weighted by Gasteiger charge is 2.26. The van der Waals surface area contributed by atoms with Crippen molar-refractivity contribution in [2.75, 3.05) is 42.9 Å². The molecular weight excluding hydrogens is 338 g/mol. The van der Waals surface area contributed by atoms with Gasteiger partial charge in [0.1, 0.15) is 5.75 Å². The molecule has 5 heteroatoms. The summed E-state index contributed by atoms with van der Waals surface area (Å²) in [6.45, 7) is 7.39. The van der Waals surface area contributed by atoms with Crippen LogP contribution in [0.1, 0.15) is 28.8 Å². The zero-order valence-corrected chi connectivity index (χ0v) is 15.8. The van der Waals surface area contributed by atoms with Crippen molar-refractivity contribution in [3.05, 3.63) is 53.6 Å². The molecule has 0 atom stereocenters. The summed E-state index contributed by atoms with van der Waals surface area (Å²) in [5.74, 6) is 0.650. The monoisotopic (exact) mass is 365 g/mol. The van der Waals surface area contributed by atoms with Crippen molar-refractivity contribution >= 4 is 17.3 Å². The summed E-state index contributed by atoms with van der Waals surface area (Å²) in [4.78, 5) is 17.5. The summed E-state index contributed by atoms with van der Waals surface area (Å²) in [6, 6.07) is 13.0. The first kappa shape index (κ1) is 17.9. The van der Waals surface area contributed by atoms with Gasteiger partial charge < -0.3 is 15.3 Å². The van der Waals surface area contributed by atoms with Crippen LogP contribution in [-0.4, -0.2) is 48.6 Å². The smallest absolute Gasteiger partial charge is 0.259 e. The summed E-state index contributed by atoms with van der Waals surface area (Å²) in [5.41, 5.74) is 3.12. The summed E-state index contributed by atoms with van der Waals surface area (Å²) in [5, 5.41) is 12.9. The molecule has 1 aliphatic carbocycles. The van der Waals surface area contributed by atoms with Crippen LogP contribution in [0.3, 0.4) is 0 Å². The van der Waals surface area contributed by atoms with E-state index in [0.29, 0.717) is 5.56 Å². The average molecular weight is 365 g/mol. The molecule has 2 N–H and O–H groups in total. The maximum Gasteiger partial charge on any atom is 0.259 e. The predicted molar refractivity (Wildman–Crippen MR) is 109 cm³/mol. The molecule has 2 fully saturated rings. The van der Waals surface area contributed by atoms with E-state index in [0.717, 1.165) is 49.0 Å². The van der Waals surface area contributed by atoms with Crippen molar-refractivity contribution in [3.63, 3.8) is 0 Å². The second-order valence-corrected chi connectivity index (χ2v) is 7.76. The molecule has 0 spiro atoms. The minimum atomic E-state index is -0.289. The number of aromatic hydroxyl groups is 1. The molecule has 27 heavy (non-hydrogen) atoms. The number of carbonyl (C=O) groups is 1. The van der Waals surface area contributed by atoms with Gasteiger partial charge in [-0.25, -0.2) is 0 Å². The Hall–Kier alpha value is -2.53. The Balaban J connectivity index is 1.40. The topological polar surface area (TPSA) is 55.8 Å². The Morgan fingerprint density at radius 2 is 1.89 bits per heavy atom. The van der Waals surface area contributed by atoms with E-state index in [4.69, 9.17) is 0 Å². The van der Waals surface area contributed by atoms with E-state index in [1.807, 2.05) is 25.1 Å². The molecule has 1 aliphatic heterocycles. The van der Waals surface area contributed by atoms with E-state index >= 15 is 0 Å². The highest BCUT2D eigenvalue weighted by Crippen LogP contribution is 2.30. The average Bonchev–Trinajstić information content (AvgIpc) is 3.48. The number of piperazine rings is 1. The van der Waals surface area contributed by atoms with Gasteiger partial charge in [0.2, 0.25) is 0 Å². The molecule has 2 aromatic carbocycles. The minimum Gasteiger partial charge on any atom is -0.507 e. The minimum absolute atomic E-state index is 0.000962. The molecule has 0 unspecified atom stereocenters. The number of hydrogen-bond donors (Lipinski definition) is 2. The van der Waals surface area contributed by atoms with Crippen LogP contribution >= 0.6 is 0 Å². The fourth-order valence-electron chi connectivity index (χ4n) is 3.66. The summed E-state index contributed by atoms with van der Waals surface area (Å²) < 4.78 is 0. The number of benzene rings is 2. The first-order valence-corrected chi connectivity index (χ1v) is 9.77. The van der Waals surface area contributed by atoms with Crippen LogP contribution in [0.2, 0.25) is 0 Å². The summed E-state index contributed by atoms with van der Waals surface area (Å²) in [6.07, 6.45) is 2.80. The van der Waals surface area contributed by atoms with Crippen LogP contribution in [0, 0.1) is 12.8 Å². The molecule has 4 rings (SSSR count). The number of aryl methyl sites for hydroxylation is 1. The molecule has 1 amide bonds. The van der Waals surface area contributed by atoms with Crippen molar-refractivity contribution in [2.24, 2.45) is 5.92 Å². The van der Waals surface area contributed by atoms with Crippen LogP contribution in [0.15, 0.2) is 42.5 Å². The summed E-state index contributed by atoms with van der Waals surface area (Å²) >= 11 is 0. The maximum absolute atomic E-state index is 12.5. The molecule has 0 aromatic heterocycles. The Morgan fingerprint density at radius 3 is 2.63 bits per heavy atom. The maximum atomic E-state index is 12.5. The molecule has 1 saturated heterocycles.